The molecular formula is C17H24N2O. The van der Waals surface area contributed by atoms with Gasteiger partial charge in [0, 0.05) is 18.7 Å². The van der Waals surface area contributed by atoms with Crippen LogP contribution in [0.4, 0.5) is 0 Å². The lowest BCUT2D eigenvalue weighted by atomic mass is 9.87. The first kappa shape index (κ1) is 14.8. The molecule has 1 aromatic heterocycles. The monoisotopic (exact) mass is 272 g/mol. The van der Waals surface area contributed by atoms with Crippen molar-refractivity contribution in [3.05, 3.63) is 53.9 Å². The van der Waals surface area contributed by atoms with E-state index in [4.69, 9.17) is 0 Å². The number of nitrogens with zero attached hydrogens (tertiary/aromatic N) is 2. The quantitative estimate of drug-likeness (QED) is 0.870. The highest BCUT2D eigenvalue weighted by atomic mass is 16.3. The molecule has 0 radical (unpaired) electrons. The minimum Gasteiger partial charge on any atom is -0.385 e. The zero-order valence-electron chi connectivity index (χ0n) is 12.6. The van der Waals surface area contributed by atoms with Gasteiger partial charge in [0.1, 0.15) is 0 Å². The normalized spacial score (nSPS) is 15.8. The van der Waals surface area contributed by atoms with Crippen LogP contribution >= 0.6 is 0 Å². The molecule has 2 atom stereocenters. The maximum Gasteiger partial charge on any atom is 0.0949 e. The topological polar surface area (TPSA) is 38.0 Å². The van der Waals surface area contributed by atoms with Crippen LogP contribution in [-0.2, 0) is 12.0 Å². The van der Waals surface area contributed by atoms with Gasteiger partial charge in [-0.2, -0.15) is 5.10 Å². The van der Waals surface area contributed by atoms with Crippen molar-refractivity contribution in [2.45, 2.75) is 51.7 Å². The van der Waals surface area contributed by atoms with E-state index in [-0.39, 0.29) is 0 Å². The summed E-state index contributed by atoms with van der Waals surface area (Å²) in [5.41, 5.74) is 1.06. The van der Waals surface area contributed by atoms with Crippen molar-refractivity contribution in [3.63, 3.8) is 0 Å². The maximum absolute atomic E-state index is 10.9. The summed E-state index contributed by atoms with van der Waals surface area (Å²) in [7, 11) is 0. The highest BCUT2D eigenvalue weighted by Crippen LogP contribution is 2.28. The van der Waals surface area contributed by atoms with Crippen molar-refractivity contribution in [3.8, 4) is 0 Å². The number of aliphatic hydroxyl groups is 1. The van der Waals surface area contributed by atoms with E-state index in [1.807, 2.05) is 54.2 Å². The molecule has 3 nitrogen and oxygen atoms in total. The molecular weight excluding hydrogens is 248 g/mol. The van der Waals surface area contributed by atoms with Gasteiger partial charge in [-0.05, 0) is 31.4 Å². The average Bonchev–Trinajstić information content (AvgIpc) is 2.95. The van der Waals surface area contributed by atoms with Gasteiger partial charge < -0.3 is 5.11 Å². The van der Waals surface area contributed by atoms with Crippen LogP contribution in [-0.4, -0.2) is 14.9 Å². The number of rotatable bonds is 6. The van der Waals surface area contributed by atoms with E-state index in [2.05, 4.69) is 18.9 Å². The highest BCUT2D eigenvalue weighted by Gasteiger charge is 2.28. The second-order valence-electron chi connectivity index (χ2n) is 5.47. The van der Waals surface area contributed by atoms with Crippen LogP contribution in [0.3, 0.4) is 0 Å². The van der Waals surface area contributed by atoms with Gasteiger partial charge in [0.05, 0.1) is 11.3 Å². The predicted molar refractivity (Wildman–Crippen MR) is 81.6 cm³/mol. The Hall–Kier alpha value is -1.61. The number of hydrogen-bond acceptors (Lipinski definition) is 2. The van der Waals surface area contributed by atoms with Gasteiger partial charge >= 0.3 is 0 Å². The fourth-order valence-electron chi connectivity index (χ4n) is 2.38. The van der Waals surface area contributed by atoms with E-state index in [0.717, 1.165) is 17.7 Å². The molecule has 3 heteroatoms. The molecule has 2 aromatic rings. The van der Waals surface area contributed by atoms with Crippen LogP contribution in [0.2, 0.25) is 0 Å². The molecule has 0 aliphatic heterocycles. The fourth-order valence-corrected chi connectivity index (χ4v) is 2.38. The highest BCUT2D eigenvalue weighted by molar-refractivity contribution is 5.24. The Labute approximate surface area is 121 Å². The van der Waals surface area contributed by atoms with Crippen molar-refractivity contribution < 1.29 is 5.11 Å². The minimum atomic E-state index is -0.837. The molecule has 108 valence electrons. The zero-order valence-corrected chi connectivity index (χ0v) is 12.6. The smallest absolute Gasteiger partial charge is 0.0949 e. The Morgan fingerprint density at radius 1 is 1.20 bits per heavy atom. The molecule has 0 spiro atoms. The molecule has 0 aliphatic rings. The SMILES string of the molecule is CCC(C)n1ccc(CC(O)(CC)c2ccccc2)n1. The number of aromatic nitrogens is 2. The zero-order chi connectivity index (χ0) is 14.6. The van der Waals surface area contributed by atoms with Gasteiger partial charge in [0.15, 0.2) is 0 Å². The third-order valence-electron chi connectivity index (χ3n) is 4.08. The van der Waals surface area contributed by atoms with E-state index < -0.39 is 5.60 Å². The van der Waals surface area contributed by atoms with Gasteiger partial charge in [-0.15, -0.1) is 0 Å². The maximum atomic E-state index is 10.9. The Balaban J connectivity index is 2.20. The van der Waals surface area contributed by atoms with Crippen LogP contribution in [0.25, 0.3) is 0 Å². The molecule has 1 heterocycles. The van der Waals surface area contributed by atoms with E-state index >= 15 is 0 Å². The van der Waals surface area contributed by atoms with Crippen LogP contribution in [0.15, 0.2) is 42.6 Å². The van der Waals surface area contributed by atoms with Gasteiger partial charge in [-0.25, -0.2) is 0 Å². The molecule has 0 saturated heterocycles. The van der Waals surface area contributed by atoms with Gasteiger partial charge in [0.2, 0.25) is 0 Å². The van der Waals surface area contributed by atoms with Crippen molar-refractivity contribution in [1.82, 2.24) is 9.78 Å². The summed E-state index contributed by atoms with van der Waals surface area (Å²) in [4.78, 5) is 0. The van der Waals surface area contributed by atoms with Crippen molar-refractivity contribution >= 4 is 0 Å². The van der Waals surface area contributed by atoms with Gasteiger partial charge in [-0.1, -0.05) is 44.2 Å². The third kappa shape index (κ3) is 3.10. The van der Waals surface area contributed by atoms with E-state index in [9.17, 15) is 5.11 Å². The lowest BCUT2D eigenvalue weighted by molar-refractivity contribution is 0.0316. The lowest BCUT2D eigenvalue weighted by Gasteiger charge is -2.26. The molecule has 1 aromatic carbocycles. The summed E-state index contributed by atoms with van der Waals surface area (Å²) in [6.45, 7) is 6.32. The molecule has 20 heavy (non-hydrogen) atoms. The molecule has 0 amide bonds. The predicted octanol–water partition coefficient (Wildman–Crippen LogP) is 3.69. The molecule has 2 rings (SSSR count). The summed E-state index contributed by atoms with van der Waals surface area (Å²) in [5, 5.41) is 15.5. The molecule has 1 N–H and O–H groups in total. The van der Waals surface area contributed by atoms with Crippen LogP contribution in [0, 0.1) is 0 Å². The summed E-state index contributed by atoms with van der Waals surface area (Å²) in [6, 6.07) is 12.3. The lowest BCUT2D eigenvalue weighted by Crippen LogP contribution is -2.28. The van der Waals surface area contributed by atoms with Gasteiger partial charge in [0.25, 0.3) is 0 Å². The summed E-state index contributed by atoms with van der Waals surface area (Å²) in [6.07, 6.45) is 4.28. The number of hydrogen-bond donors (Lipinski definition) is 1. The first-order chi connectivity index (χ1) is 9.59. The molecule has 0 aliphatic carbocycles. The third-order valence-corrected chi connectivity index (χ3v) is 4.08. The Morgan fingerprint density at radius 2 is 1.90 bits per heavy atom. The molecule has 0 bridgehead atoms. The second kappa shape index (κ2) is 6.23. The number of benzene rings is 1. The summed E-state index contributed by atoms with van der Waals surface area (Å²) in [5.74, 6) is 0. The summed E-state index contributed by atoms with van der Waals surface area (Å²) < 4.78 is 1.98. The minimum absolute atomic E-state index is 0.398. The largest absolute Gasteiger partial charge is 0.385 e. The van der Waals surface area contributed by atoms with Crippen LogP contribution < -0.4 is 0 Å². The van der Waals surface area contributed by atoms with E-state index in [1.165, 1.54) is 0 Å². The summed E-state index contributed by atoms with van der Waals surface area (Å²) >= 11 is 0. The molecule has 2 unspecified atom stereocenters. The van der Waals surface area contributed by atoms with Crippen LogP contribution in [0.5, 0.6) is 0 Å². The van der Waals surface area contributed by atoms with Crippen LogP contribution in [0.1, 0.15) is 50.9 Å². The van der Waals surface area contributed by atoms with Crippen molar-refractivity contribution in [2.75, 3.05) is 0 Å². The first-order valence-corrected chi connectivity index (χ1v) is 7.41. The van der Waals surface area contributed by atoms with Crippen molar-refractivity contribution in [1.29, 1.82) is 0 Å². The Kier molecular flexibility index (Phi) is 4.61. The first-order valence-electron chi connectivity index (χ1n) is 7.41. The average molecular weight is 272 g/mol. The fraction of sp³-hybridized carbons (Fsp3) is 0.471. The van der Waals surface area contributed by atoms with Crippen molar-refractivity contribution in [2.24, 2.45) is 0 Å². The second-order valence-corrected chi connectivity index (χ2v) is 5.47. The Bertz CT molecular complexity index is 535. The standard InChI is InChI=1S/C17H24N2O/c1-4-14(3)19-12-11-16(18-19)13-17(20,5-2)15-9-7-6-8-10-15/h6-12,14,20H,4-5,13H2,1-3H3. The molecule has 0 saturated carbocycles. The van der Waals surface area contributed by atoms with E-state index in [1.54, 1.807) is 0 Å². The molecule has 0 fully saturated rings. The van der Waals surface area contributed by atoms with E-state index in [0.29, 0.717) is 18.9 Å². The Morgan fingerprint density at radius 3 is 2.50 bits per heavy atom. The van der Waals surface area contributed by atoms with Gasteiger partial charge in [-0.3, -0.25) is 4.68 Å².